The van der Waals surface area contributed by atoms with Gasteiger partial charge in [-0.2, -0.15) is 0 Å². The van der Waals surface area contributed by atoms with E-state index in [4.69, 9.17) is 0 Å². The minimum Gasteiger partial charge on any atom is -0.333 e. The van der Waals surface area contributed by atoms with Crippen LogP contribution in [0.25, 0.3) is 0 Å². The van der Waals surface area contributed by atoms with Crippen molar-refractivity contribution in [3.8, 4) is 0 Å². The largest absolute Gasteiger partial charge is 0.333 e. The topological polar surface area (TPSA) is 23.6 Å². The SMILES string of the molecule is CC1CN2CCCC2CN1C(=O)c1cccc(F)c1F. The van der Waals surface area contributed by atoms with Gasteiger partial charge in [0.05, 0.1) is 5.56 Å². The Morgan fingerprint density at radius 1 is 1.30 bits per heavy atom. The Labute approximate surface area is 117 Å². The van der Waals surface area contributed by atoms with E-state index in [0.29, 0.717) is 12.6 Å². The molecular formula is C15H18F2N2O. The van der Waals surface area contributed by atoms with Crippen LogP contribution >= 0.6 is 0 Å². The molecule has 2 atom stereocenters. The number of fused-ring (bicyclic) bond motifs is 1. The highest BCUT2D eigenvalue weighted by Gasteiger charge is 2.37. The van der Waals surface area contributed by atoms with Crippen molar-refractivity contribution >= 4 is 5.91 Å². The monoisotopic (exact) mass is 280 g/mol. The molecule has 2 saturated heterocycles. The van der Waals surface area contributed by atoms with Crippen molar-refractivity contribution in [2.75, 3.05) is 19.6 Å². The third-order valence-electron chi connectivity index (χ3n) is 4.38. The molecule has 2 aliphatic heterocycles. The second kappa shape index (κ2) is 5.13. The molecule has 0 N–H and O–H groups in total. The number of piperazine rings is 1. The highest BCUT2D eigenvalue weighted by molar-refractivity contribution is 5.94. The quantitative estimate of drug-likeness (QED) is 0.788. The number of halogens is 2. The molecule has 0 aromatic heterocycles. The molecule has 0 bridgehead atoms. The zero-order chi connectivity index (χ0) is 14.3. The molecule has 2 heterocycles. The molecule has 3 nitrogen and oxygen atoms in total. The zero-order valence-electron chi connectivity index (χ0n) is 11.5. The van der Waals surface area contributed by atoms with Crippen molar-refractivity contribution in [2.24, 2.45) is 0 Å². The van der Waals surface area contributed by atoms with E-state index in [1.165, 1.54) is 12.1 Å². The molecule has 108 valence electrons. The van der Waals surface area contributed by atoms with Crippen LogP contribution in [0.1, 0.15) is 30.1 Å². The van der Waals surface area contributed by atoms with Gasteiger partial charge in [-0.05, 0) is 38.4 Å². The smallest absolute Gasteiger partial charge is 0.257 e. The number of carbonyl (C=O) groups excluding carboxylic acids is 1. The summed E-state index contributed by atoms with van der Waals surface area (Å²) in [4.78, 5) is 16.5. The van der Waals surface area contributed by atoms with Gasteiger partial charge in [-0.3, -0.25) is 9.69 Å². The Hall–Kier alpha value is -1.49. The minimum atomic E-state index is -1.04. The summed E-state index contributed by atoms with van der Waals surface area (Å²) in [6.07, 6.45) is 2.22. The van der Waals surface area contributed by atoms with Gasteiger partial charge in [0.1, 0.15) is 0 Å². The Bertz CT molecular complexity index is 535. The van der Waals surface area contributed by atoms with Crippen LogP contribution in [0.15, 0.2) is 18.2 Å². The Balaban J connectivity index is 1.84. The molecule has 1 amide bonds. The highest BCUT2D eigenvalue weighted by Crippen LogP contribution is 2.26. The standard InChI is InChI=1S/C15H18F2N2O/c1-10-8-18-7-3-4-11(18)9-19(10)15(20)12-5-2-6-13(16)14(12)17/h2,5-6,10-11H,3-4,7-9H2,1H3. The van der Waals surface area contributed by atoms with Gasteiger partial charge in [-0.1, -0.05) is 6.07 Å². The van der Waals surface area contributed by atoms with Crippen LogP contribution in [0.3, 0.4) is 0 Å². The fraction of sp³-hybridized carbons (Fsp3) is 0.533. The van der Waals surface area contributed by atoms with Crippen molar-refractivity contribution in [2.45, 2.75) is 31.8 Å². The molecule has 20 heavy (non-hydrogen) atoms. The molecule has 0 radical (unpaired) electrons. The maximum absolute atomic E-state index is 13.8. The average molecular weight is 280 g/mol. The number of benzene rings is 1. The first-order valence-corrected chi connectivity index (χ1v) is 7.07. The van der Waals surface area contributed by atoms with E-state index >= 15 is 0 Å². The predicted octanol–water partition coefficient (Wildman–Crippen LogP) is 2.27. The summed E-state index contributed by atoms with van der Waals surface area (Å²) in [6.45, 7) is 4.46. The van der Waals surface area contributed by atoms with Gasteiger partial charge in [-0.15, -0.1) is 0 Å². The summed E-state index contributed by atoms with van der Waals surface area (Å²) in [5.74, 6) is -2.41. The van der Waals surface area contributed by atoms with Gasteiger partial charge in [0.25, 0.3) is 5.91 Å². The Kier molecular flexibility index (Phi) is 3.46. The van der Waals surface area contributed by atoms with Crippen molar-refractivity contribution in [1.82, 2.24) is 9.80 Å². The number of amides is 1. The number of hydrogen-bond donors (Lipinski definition) is 0. The third kappa shape index (κ3) is 2.20. The second-order valence-corrected chi connectivity index (χ2v) is 5.70. The van der Waals surface area contributed by atoms with Crippen LogP contribution in [0.4, 0.5) is 8.78 Å². The van der Waals surface area contributed by atoms with Gasteiger partial charge in [0.15, 0.2) is 11.6 Å². The molecule has 0 saturated carbocycles. The second-order valence-electron chi connectivity index (χ2n) is 5.70. The lowest BCUT2D eigenvalue weighted by atomic mass is 10.1. The lowest BCUT2D eigenvalue weighted by Gasteiger charge is -2.42. The first-order valence-electron chi connectivity index (χ1n) is 7.07. The minimum absolute atomic E-state index is 0.0273. The number of nitrogens with zero attached hydrogens (tertiary/aromatic N) is 2. The van der Waals surface area contributed by atoms with Gasteiger partial charge in [0, 0.05) is 25.2 Å². The molecule has 1 aromatic rings. The van der Waals surface area contributed by atoms with E-state index in [1.54, 1.807) is 4.90 Å². The first kappa shape index (κ1) is 13.5. The summed E-state index contributed by atoms with van der Waals surface area (Å²) in [6, 6.07) is 4.16. The van der Waals surface area contributed by atoms with Gasteiger partial charge < -0.3 is 4.90 Å². The van der Waals surface area contributed by atoms with Crippen molar-refractivity contribution in [3.63, 3.8) is 0 Å². The zero-order valence-corrected chi connectivity index (χ0v) is 11.5. The van der Waals surface area contributed by atoms with Gasteiger partial charge >= 0.3 is 0 Å². The Morgan fingerprint density at radius 3 is 2.90 bits per heavy atom. The lowest BCUT2D eigenvalue weighted by Crippen LogP contribution is -2.56. The van der Waals surface area contributed by atoms with Crippen LogP contribution in [0.2, 0.25) is 0 Å². The molecular weight excluding hydrogens is 262 g/mol. The van der Waals surface area contributed by atoms with Crippen LogP contribution in [-0.4, -0.2) is 47.4 Å². The maximum Gasteiger partial charge on any atom is 0.257 e. The van der Waals surface area contributed by atoms with Crippen LogP contribution in [0.5, 0.6) is 0 Å². The summed E-state index contributed by atoms with van der Waals surface area (Å²) < 4.78 is 27.0. The molecule has 5 heteroatoms. The summed E-state index contributed by atoms with van der Waals surface area (Å²) in [5.41, 5.74) is -0.164. The fourth-order valence-electron chi connectivity index (χ4n) is 3.29. The molecule has 1 aromatic carbocycles. The maximum atomic E-state index is 13.8. The summed E-state index contributed by atoms with van der Waals surface area (Å²) in [7, 11) is 0. The molecule has 2 fully saturated rings. The van der Waals surface area contributed by atoms with Crippen molar-refractivity contribution in [1.29, 1.82) is 0 Å². The lowest BCUT2D eigenvalue weighted by molar-refractivity contribution is 0.0390. The average Bonchev–Trinajstić information content (AvgIpc) is 2.87. The predicted molar refractivity (Wildman–Crippen MR) is 71.5 cm³/mol. The third-order valence-corrected chi connectivity index (χ3v) is 4.38. The number of rotatable bonds is 1. The molecule has 0 spiro atoms. The first-order chi connectivity index (χ1) is 9.58. The summed E-state index contributed by atoms with van der Waals surface area (Å²) >= 11 is 0. The van der Waals surface area contributed by atoms with Gasteiger partial charge in [-0.25, -0.2) is 8.78 Å². The van der Waals surface area contributed by atoms with Crippen LogP contribution < -0.4 is 0 Å². The molecule has 2 unspecified atom stereocenters. The van der Waals surface area contributed by atoms with Crippen LogP contribution in [-0.2, 0) is 0 Å². The fourth-order valence-corrected chi connectivity index (χ4v) is 3.29. The number of carbonyl (C=O) groups is 1. The Morgan fingerprint density at radius 2 is 2.10 bits per heavy atom. The van der Waals surface area contributed by atoms with Crippen molar-refractivity contribution in [3.05, 3.63) is 35.4 Å². The van der Waals surface area contributed by atoms with E-state index in [2.05, 4.69) is 4.90 Å². The van der Waals surface area contributed by atoms with E-state index < -0.39 is 17.5 Å². The number of hydrogen-bond acceptors (Lipinski definition) is 2. The highest BCUT2D eigenvalue weighted by atomic mass is 19.2. The molecule has 2 aliphatic rings. The molecule has 3 rings (SSSR count). The normalized spacial score (nSPS) is 26.6. The molecule has 0 aliphatic carbocycles. The van der Waals surface area contributed by atoms with Crippen LogP contribution in [0, 0.1) is 11.6 Å². The van der Waals surface area contributed by atoms with E-state index in [0.717, 1.165) is 32.0 Å². The van der Waals surface area contributed by atoms with Crippen molar-refractivity contribution < 1.29 is 13.6 Å². The van der Waals surface area contributed by atoms with E-state index in [-0.39, 0.29) is 11.6 Å². The summed E-state index contributed by atoms with van der Waals surface area (Å²) in [5, 5.41) is 0. The van der Waals surface area contributed by atoms with E-state index in [1.807, 2.05) is 6.92 Å². The van der Waals surface area contributed by atoms with Gasteiger partial charge in [0.2, 0.25) is 0 Å². The van der Waals surface area contributed by atoms with E-state index in [9.17, 15) is 13.6 Å².